The van der Waals surface area contributed by atoms with E-state index in [1.807, 2.05) is 24.1 Å². The van der Waals surface area contributed by atoms with Crippen molar-refractivity contribution in [2.75, 3.05) is 38.8 Å². The first-order valence-electron chi connectivity index (χ1n) is 9.57. The molecule has 1 N–H and O–H groups in total. The van der Waals surface area contributed by atoms with E-state index in [9.17, 15) is 14.3 Å². The van der Waals surface area contributed by atoms with Gasteiger partial charge in [-0.05, 0) is 47.4 Å². The minimum absolute atomic E-state index is 0.0329. The molecular formula is C22H25FN2O3. The van der Waals surface area contributed by atoms with Crippen LogP contribution in [0.15, 0.2) is 42.5 Å². The number of hydrogen-bond donors (Lipinski definition) is 1. The van der Waals surface area contributed by atoms with Gasteiger partial charge in [0.25, 0.3) is 0 Å². The zero-order valence-electron chi connectivity index (χ0n) is 16.1. The van der Waals surface area contributed by atoms with Gasteiger partial charge in [0.15, 0.2) is 0 Å². The molecule has 1 fully saturated rings. The fraction of sp³-hybridized carbons (Fsp3) is 0.409. The summed E-state index contributed by atoms with van der Waals surface area (Å²) in [4.78, 5) is 16.7. The van der Waals surface area contributed by atoms with E-state index in [0.29, 0.717) is 6.54 Å². The van der Waals surface area contributed by atoms with Gasteiger partial charge < -0.3 is 19.6 Å². The van der Waals surface area contributed by atoms with Crippen molar-refractivity contribution in [3.63, 3.8) is 0 Å². The molecule has 0 saturated carbocycles. The van der Waals surface area contributed by atoms with Gasteiger partial charge in [0.2, 0.25) is 5.91 Å². The molecule has 0 aliphatic carbocycles. The molecule has 0 unspecified atom stereocenters. The van der Waals surface area contributed by atoms with Gasteiger partial charge in [-0.25, -0.2) is 4.39 Å². The van der Waals surface area contributed by atoms with Crippen LogP contribution in [0.1, 0.15) is 18.0 Å². The first kappa shape index (κ1) is 18.9. The van der Waals surface area contributed by atoms with E-state index in [2.05, 4.69) is 11.0 Å². The van der Waals surface area contributed by atoms with Gasteiger partial charge in [-0.2, -0.15) is 0 Å². The molecule has 2 aromatic carbocycles. The summed E-state index contributed by atoms with van der Waals surface area (Å²) in [6.45, 7) is 0.751. The highest BCUT2D eigenvalue weighted by Crippen LogP contribution is 2.49. The molecule has 3 atom stereocenters. The molecule has 2 aliphatic heterocycles. The second-order valence-corrected chi connectivity index (χ2v) is 7.56. The normalized spacial score (nSPS) is 23.5. The molecule has 4 rings (SSSR count). The number of likely N-dealkylation sites (tertiary alicyclic amines) is 1. The molecule has 6 heteroatoms. The van der Waals surface area contributed by atoms with Crippen molar-refractivity contribution in [3.05, 3.63) is 53.8 Å². The fourth-order valence-corrected chi connectivity index (χ4v) is 4.76. The number of amides is 1. The molecule has 5 nitrogen and oxygen atoms in total. The van der Waals surface area contributed by atoms with Crippen LogP contribution in [0.4, 0.5) is 10.1 Å². The molecule has 0 radical (unpaired) electrons. The molecule has 2 heterocycles. The summed E-state index contributed by atoms with van der Waals surface area (Å²) in [7, 11) is 3.52. The molecule has 1 amide bonds. The number of benzene rings is 2. The van der Waals surface area contributed by atoms with E-state index in [4.69, 9.17) is 4.74 Å². The summed E-state index contributed by atoms with van der Waals surface area (Å²) in [6.07, 6.45) is 0.843. The lowest BCUT2D eigenvalue weighted by molar-refractivity contribution is -0.136. The molecule has 0 aromatic heterocycles. The van der Waals surface area contributed by atoms with E-state index >= 15 is 0 Å². The third kappa shape index (κ3) is 3.06. The van der Waals surface area contributed by atoms with Crippen molar-refractivity contribution in [3.8, 4) is 11.1 Å². The smallest absolute Gasteiger partial charge is 0.249 e. The molecule has 0 spiro atoms. The number of hydrogen-bond acceptors (Lipinski definition) is 4. The maximum Gasteiger partial charge on any atom is 0.249 e. The third-order valence-corrected chi connectivity index (χ3v) is 6.12. The number of aliphatic hydroxyl groups excluding tert-OH is 1. The Bertz CT molecular complexity index is 871. The van der Waals surface area contributed by atoms with Crippen LogP contribution in [0.2, 0.25) is 0 Å². The summed E-state index contributed by atoms with van der Waals surface area (Å²) in [5.41, 5.74) is 4.00. The van der Waals surface area contributed by atoms with Crippen molar-refractivity contribution < 1.29 is 19.0 Å². The average Bonchev–Trinajstić information content (AvgIpc) is 3.14. The number of halogens is 1. The Morgan fingerprint density at radius 3 is 2.61 bits per heavy atom. The van der Waals surface area contributed by atoms with Gasteiger partial charge in [0.1, 0.15) is 12.4 Å². The van der Waals surface area contributed by atoms with Gasteiger partial charge in [0.05, 0.1) is 18.7 Å². The molecule has 28 heavy (non-hydrogen) atoms. The summed E-state index contributed by atoms with van der Waals surface area (Å²) in [6, 6.07) is 12.5. The van der Waals surface area contributed by atoms with Crippen LogP contribution >= 0.6 is 0 Å². The number of rotatable bonds is 4. The third-order valence-electron chi connectivity index (χ3n) is 6.12. The second-order valence-electron chi connectivity index (χ2n) is 7.56. The lowest BCUT2D eigenvalue weighted by atomic mass is 9.81. The van der Waals surface area contributed by atoms with Crippen molar-refractivity contribution in [1.82, 2.24) is 4.90 Å². The highest BCUT2D eigenvalue weighted by atomic mass is 19.1. The lowest BCUT2D eigenvalue weighted by Gasteiger charge is -2.44. The minimum Gasteiger partial charge on any atom is -0.394 e. The van der Waals surface area contributed by atoms with Crippen molar-refractivity contribution in [1.29, 1.82) is 0 Å². The molecule has 2 aliphatic rings. The number of fused-ring (bicyclic) bond motifs is 3. The molecule has 148 valence electrons. The van der Waals surface area contributed by atoms with Gasteiger partial charge in [-0.1, -0.05) is 18.2 Å². The van der Waals surface area contributed by atoms with Crippen LogP contribution in [0.3, 0.4) is 0 Å². The zero-order valence-corrected chi connectivity index (χ0v) is 16.1. The SMILES string of the molecule is COCC(=O)N1CC[C@@H]2[C@H]1c1cc(-c3ccc(F)cc3)ccc1N(C)[C@H]2CO. The Morgan fingerprint density at radius 2 is 1.93 bits per heavy atom. The van der Waals surface area contributed by atoms with Crippen molar-refractivity contribution >= 4 is 11.6 Å². The van der Waals surface area contributed by atoms with Crippen LogP contribution in [-0.4, -0.2) is 55.9 Å². The average molecular weight is 384 g/mol. The monoisotopic (exact) mass is 384 g/mol. The number of carbonyl (C=O) groups is 1. The topological polar surface area (TPSA) is 53.0 Å². The summed E-state index contributed by atoms with van der Waals surface area (Å²) in [5, 5.41) is 10.0. The number of anilines is 1. The predicted molar refractivity (Wildman–Crippen MR) is 106 cm³/mol. The van der Waals surface area contributed by atoms with Gasteiger partial charge in [-0.15, -0.1) is 0 Å². The number of ether oxygens (including phenoxy) is 1. The van der Waals surface area contributed by atoms with Crippen LogP contribution in [0.5, 0.6) is 0 Å². The van der Waals surface area contributed by atoms with Gasteiger partial charge in [-0.3, -0.25) is 4.79 Å². The van der Waals surface area contributed by atoms with E-state index in [0.717, 1.165) is 28.8 Å². The highest BCUT2D eigenvalue weighted by Gasteiger charge is 2.47. The summed E-state index contributed by atoms with van der Waals surface area (Å²) >= 11 is 0. The number of nitrogens with zero attached hydrogens (tertiary/aromatic N) is 2. The molecule has 1 saturated heterocycles. The fourth-order valence-electron chi connectivity index (χ4n) is 4.76. The van der Waals surface area contributed by atoms with Crippen LogP contribution in [0.25, 0.3) is 11.1 Å². The Balaban J connectivity index is 1.80. The number of carbonyl (C=O) groups excluding carboxylic acids is 1. The first-order valence-corrected chi connectivity index (χ1v) is 9.57. The molecule has 0 bridgehead atoms. The van der Waals surface area contributed by atoms with Crippen LogP contribution in [0, 0.1) is 11.7 Å². The molecular weight excluding hydrogens is 359 g/mol. The Labute approximate surface area is 164 Å². The quantitative estimate of drug-likeness (QED) is 0.881. The highest BCUT2D eigenvalue weighted by molar-refractivity contribution is 5.80. The largest absolute Gasteiger partial charge is 0.394 e. The van der Waals surface area contributed by atoms with E-state index < -0.39 is 0 Å². The number of methoxy groups -OCH3 is 1. The van der Waals surface area contributed by atoms with Crippen LogP contribution < -0.4 is 4.90 Å². The van der Waals surface area contributed by atoms with Gasteiger partial charge >= 0.3 is 0 Å². The van der Waals surface area contributed by atoms with E-state index in [-0.39, 0.29) is 42.9 Å². The number of likely N-dealkylation sites (N-methyl/N-ethyl adjacent to an activating group) is 1. The first-order chi connectivity index (χ1) is 13.5. The Morgan fingerprint density at radius 1 is 1.21 bits per heavy atom. The van der Waals surface area contributed by atoms with Crippen LogP contribution in [-0.2, 0) is 9.53 Å². The Hall–Kier alpha value is -2.44. The van der Waals surface area contributed by atoms with Crippen molar-refractivity contribution in [2.45, 2.75) is 18.5 Å². The predicted octanol–water partition coefficient (Wildman–Crippen LogP) is 2.84. The zero-order chi connectivity index (χ0) is 19.8. The Kier molecular flexibility index (Phi) is 5.08. The maximum absolute atomic E-state index is 13.3. The number of aliphatic hydroxyl groups is 1. The standard InChI is InChI=1S/C22H25FN2O3/c1-24-19-8-5-15(14-3-6-16(23)7-4-14)11-18(19)22-17(20(24)12-26)9-10-25(22)21(27)13-28-2/h3-8,11,17,20,22,26H,9-10,12-13H2,1-2H3/t17-,20-,22-/m0/s1. The minimum atomic E-state index is -0.264. The van der Waals surface area contributed by atoms with Gasteiger partial charge in [0, 0.05) is 32.3 Å². The lowest BCUT2D eigenvalue weighted by Crippen LogP contribution is -2.48. The second kappa shape index (κ2) is 7.53. The van der Waals surface area contributed by atoms with E-state index in [1.165, 1.54) is 19.2 Å². The maximum atomic E-state index is 13.3. The summed E-state index contributed by atoms with van der Waals surface area (Å²) in [5.74, 6) is -0.138. The summed E-state index contributed by atoms with van der Waals surface area (Å²) < 4.78 is 18.4. The van der Waals surface area contributed by atoms with E-state index in [1.54, 1.807) is 12.1 Å². The van der Waals surface area contributed by atoms with Crippen molar-refractivity contribution in [2.24, 2.45) is 5.92 Å². The molecule has 2 aromatic rings.